The Morgan fingerprint density at radius 2 is 0.887 bits per heavy atom. The number of Topliss-reactive ketones (excluding diaryl/α,β-unsaturated/α-hetero) is 2. The Bertz CT molecular complexity index is 2690. The molecular weight excluding hydrogens is 1040 g/mol. The molecular formula is C61H74O19. The van der Waals surface area contributed by atoms with Gasteiger partial charge in [0.05, 0.1) is 25.7 Å². The number of ketones is 2. The highest BCUT2D eigenvalue weighted by Crippen LogP contribution is 2.42. The number of carbonyl (C=O) groups is 8. The van der Waals surface area contributed by atoms with Crippen molar-refractivity contribution in [2.24, 2.45) is 10.8 Å². The molecule has 5 N–H and O–H groups in total. The van der Waals surface area contributed by atoms with Crippen LogP contribution in [0, 0.1) is 10.8 Å². The van der Waals surface area contributed by atoms with E-state index in [1.165, 1.54) is 6.92 Å². The van der Waals surface area contributed by atoms with Gasteiger partial charge in [-0.1, -0.05) is 135 Å². The Kier molecular flexibility index (Phi) is 23.3. The highest BCUT2D eigenvalue weighted by Gasteiger charge is 2.43. The SMILES string of the molecule is CC1=C(/C=C/C(C)=C/C=C/C(C)=C/C=C/C=C(C)/C=C/C=C(C)/C=C/C2=C(C)C(=O)C(OC(=O)CCC(=O)OCC(O)C3OC(=O)C(O)=C3O)CC2(C)C)C(C)(C)CC(OC(=O)CCC(=O)OCC(O)C2OC(=O)C(O)=C2C)C1=O. The summed E-state index contributed by atoms with van der Waals surface area (Å²) in [4.78, 5) is 99.3. The van der Waals surface area contributed by atoms with E-state index in [1.54, 1.807) is 13.8 Å². The number of ether oxygens (including phenoxy) is 6. The van der Waals surface area contributed by atoms with Gasteiger partial charge in [0.2, 0.25) is 11.5 Å². The minimum absolute atomic E-state index is 0.113. The van der Waals surface area contributed by atoms with Crippen LogP contribution < -0.4 is 0 Å². The second-order valence-corrected chi connectivity index (χ2v) is 21.3. The molecule has 80 heavy (non-hydrogen) atoms. The van der Waals surface area contributed by atoms with E-state index < -0.39 is 127 Å². The van der Waals surface area contributed by atoms with Crippen molar-refractivity contribution in [3.05, 3.63) is 152 Å². The smallest absolute Gasteiger partial charge is 0.377 e. The van der Waals surface area contributed by atoms with Gasteiger partial charge in [-0.3, -0.25) is 28.8 Å². The standard InChI is InChI=1S/C61H74O19/c1-34(18-14-20-36(3)22-24-41-38(5)51(68)45(30-60(41,8)9)77-49(66)28-26-47(64)75-32-43(62)56-40(7)53(70)58(73)79-56)16-12-13-17-35(2)19-15-21-37(4)23-25-42-39(6)52(69)46(31-61(42,10)11)78-50(67)29-27-48(65)76-33-44(63)57-54(71)55(72)59(74)80-57/h12-25,43-46,56-57,62-63,70-72H,26-33H2,1-11H3/b13-12+,18-14+,19-15+,24-22+,25-23+,34-16+,35-17+,36-20+,37-21+. The molecule has 0 saturated heterocycles. The molecule has 19 heteroatoms. The number of hydrogen-bond acceptors (Lipinski definition) is 19. The average molecular weight is 1110 g/mol. The molecule has 0 aromatic heterocycles. The van der Waals surface area contributed by atoms with E-state index in [2.05, 4.69) is 4.74 Å². The lowest BCUT2D eigenvalue weighted by Crippen LogP contribution is -2.39. The van der Waals surface area contributed by atoms with Crippen molar-refractivity contribution in [1.29, 1.82) is 0 Å². The lowest BCUT2D eigenvalue weighted by molar-refractivity contribution is -0.160. The second-order valence-electron chi connectivity index (χ2n) is 21.3. The van der Waals surface area contributed by atoms with E-state index in [0.29, 0.717) is 11.1 Å². The van der Waals surface area contributed by atoms with E-state index in [1.807, 2.05) is 140 Å². The Balaban J connectivity index is 1.20. The van der Waals surface area contributed by atoms with E-state index in [0.717, 1.165) is 33.4 Å². The first kappa shape index (κ1) is 64.6. The molecule has 0 bridgehead atoms. The number of aliphatic hydroxyl groups excluding tert-OH is 5. The fourth-order valence-corrected chi connectivity index (χ4v) is 8.93. The van der Waals surface area contributed by atoms with Crippen LogP contribution in [0.3, 0.4) is 0 Å². The molecule has 0 aromatic carbocycles. The molecule has 2 aliphatic heterocycles. The van der Waals surface area contributed by atoms with Gasteiger partial charge in [-0.15, -0.1) is 0 Å². The van der Waals surface area contributed by atoms with Crippen molar-refractivity contribution in [3.8, 4) is 0 Å². The summed E-state index contributed by atoms with van der Waals surface area (Å²) in [5.74, 6) is -8.67. The van der Waals surface area contributed by atoms with Gasteiger partial charge in [0.15, 0.2) is 41.7 Å². The van der Waals surface area contributed by atoms with Crippen LogP contribution in [0.2, 0.25) is 0 Å². The zero-order chi connectivity index (χ0) is 59.8. The lowest BCUT2D eigenvalue weighted by Gasteiger charge is -2.36. The van der Waals surface area contributed by atoms with Crippen molar-refractivity contribution < 1.29 is 92.3 Å². The van der Waals surface area contributed by atoms with Crippen LogP contribution in [-0.2, 0) is 66.8 Å². The van der Waals surface area contributed by atoms with Crippen molar-refractivity contribution >= 4 is 47.4 Å². The van der Waals surface area contributed by atoms with Crippen LogP contribution in [0.1, 0.15) is 115 Å². The normalized spacial score (nSPS) is 23.1. The molecule has 0 amide bonds. The average Bonchev–Trinajstić information content (AvgIpc) is 3.83. The molecule has 6 atom stereocenters. The highest BCUT2D eigenvalue weighted by atomic mass is 16.6. The third-order valence-electron chi connectivity index (χ3n) is 13.6. The van der Waals surface area contributed by atoms with E-state index >= 15 is 0 Å². The first-order chi connectivity index (χ1) is 37.4. The first-order valence-electron chi connectivity index (χ1n) is 26.0. The minimum Gasteiger partial charge on any atom is -0.505 e. The quantitative estimate of drug-likeness (QED) is 0.0344. The largest absolute Gasteiger partial charge is 0.505 e. The lowest BCUT2D eigenvalue weighted by atomic mass is 9.71. The van der Waals surface area contributed by atoms with Crippen molar-refractivity contribution in [2.75, 3.05) is 13.2 Å². The number of carbonyl (C=O) groups excluding carboxylic acids is 8. The van der Waals surface area contributed by atoms with Crippen LogP contribution in [0.15, 0.2) is 152 Å². The highest BCUT2D eigenvalue weighted by molar-refractivity contribution is 6.02. The number of cyclic esters (lactones) is 2. The van der Waals surface area contributed by atoms with Crippen LogP contribution in [0.5, 0.6) is 0 Å². The predicted molar refractivity (Wildman–Crippen MR) is 292 cm³/mol. The summed E-state index contributed by atoms with van der Waals surface area (Å²) in [6, 6.07) is 0. The van der Waals surface area contributed by atoms with E-state index in [4.69, 9.17) is 23.7 Å². The summed E-state index contributed by atoms with van der Waals surface area (Å²) >= 11 is 0. The molecule has 432 valence electrons. The Labute approximate surface area is 466 Å². The molecule has 0 aromatic rings. The maximum atomic E-state index is 13.3. The summed E-state index contributed by atoms with van der Waals surface area (Å²) in [5, 5.41) is 49.0. The van der Waals surface area contributed by atoms with Crippen LogP contribution in [-0.4, -0.2) is 123 Å². The summed E-state index contributed by atoms with van der Waals surface area (Å²) in [6.45, 7) is 19.2. The summed E-state index contributed by atoms with van der Waals surface area (Å²) in [5.41, 5.74) is 5.46. The summed E-state index contributed by atoms with van der Waals surface area (Å²) in [6.07, 6.45) is 18.1. The predicted octanol–water partition coefficient (Wildman–Crippen LogP) is 8.39. The van der Waals surface area contributed by atoms with Crippen LogP contribution in [0.4, 0.5) is 0 Å². The van der Waals surface area contributed by atoms with Gasteiger partial charge in [0, 0.05) is 18.4 Å². The van der Waals surface area contributed by atoms with Gasteiger partial charge in [-0.05, 0) is 81.6 Å². The van der Waals surface area contributed by atoms with Crippen molar-refractivity contribution in [2.45, 2.75) is 151 Å². The number of hydrogen-bond donors (Lipinski definition) is 5. The molecule has 6 unspecified atom stereocenters. The van der Waals surface area contributed by atoms with Gasteiger partial charge in [-0.25, -0.2) is 9.59 Å². The Morgan fingerprint density at radius 1 is 0.537 bits per heavy atom. The molecule has 4 rings (SSSR count). The van der Waals surface area contributed by atoms with Crippen molar-refractivity contribution in [3.63, 3.8) is 0 Å². The number of rotatable bonds is 24. The third-order valence-corrected chi connectivity index (χ3v) is 13.6. The molecule has 2 heterocycles. The third kappa shape index (κ3) is 18.3. The van der Waals surface area contributed by atoms with E-state index in [9.17, 15) is 63.9 Å². The Hall–Kier alpha value is -7.90. The molecule has 0 fully saturated rings. The van der Waals surface area contributed by atoms with Gasteiger partial charge in [-0.2, -0.15) is 0 Å². The van der Waals surface area contributed by atoms with Gasteiger partial charge >= 0.3 is 35.8 Å². The maximum Gasteiger partial charge on any atom is 0.377 e. The maximum absolute atomic E-state index is 13.3. The molecule has 19 nitrogen and oxygen atoms in total. The zero-order valence-electron chi connectivity index (χ0n) is 47.2. The number of allylic oxidation sites excluding steroid dienone is 20. The monoisotopic (exact) mass is 1110 g/mol. The summed E-state index contributed by atoms with van der Waals surface area (Å²) in [7, 11) is 0. The zero-order valence-corrected chi connectivity index (χ0v) is 47.2. The molecule has 0 spiro atoms. The number of esters is 6. The first-order valence-corrected chi connectivity index (χ1v) is 26.0. The van der Waals surface area contributed by atoms with E-state index in [-0.39, 0.29) is 42.8 Å². The fourth-order valence-electron chi connectivity index (χ4n) is 8.93. The fraction of sp³-hybridized carbons (Fsp3) is 0.443. The van der Waals surface area contributed by atoms with Gasteiger partial charge in [0.25, 0.3) is 0 Å². The van der Waals surface area contributed by atoms with Gasteiger partial charge < -0.3 is 54.0 Å². The van der Waals surface area contributed by atoms with Crippen LogP contribution >= 0.6 is 0 Å². The molecule has 2 aliphatic carbocycles. The molecule has 4 aliphatic rings. The van der Waals surface area contributed by atoms with Gasteiger partial charge in [0.1, 0.15) is 25.4 Å². The minimum atomic E-state index is -1.66. The second kappa shape index (κ2) is 28.8. The Morgan fingerprint density at radius 3 is 1.26 bits per heavy atom. The van der Waals surface area contributed by atoms with Crippen molar-refractivity contribution in [1.82, 2.24) is 0 Å². The van der Waals surface area contributed by atoms with Crippen LogP contribution in [0.25, 0.3) is 0 Å². The summed E-state index contributed by atoms with van der Waals surface area (Å²) < 4.78 is 30.4. The molecule has 0 saturated carbocycles. The molecule has 0 radical (unpaired) electrons. The number of aliphatic hydroxyl groups is 5. The topological polar surface area (TPSA) is 293 Å².